The van der Waals surface area contributed by atoms with Crippen molar-refractivity contribution in [2.75, 3.05) is 0 Å². The molecule has 0 aliphatic rings. The second-order valence-corrected chi connectivity index (χ2v) is 3.14. The van der Waals surface area contributed by atoms with Gasteiger partial charge in [0.05, 0.1) is 11.2 Å². The summed E-state index contributed by atoms with van der Waals surface area (Å²) in [5.41, 5.74) is 3.22. The minimum atomic E-state index is 0.927. The average Bonchev–Trinajstić information content (AvgIpc) is 2.17. The lowest BCUT2D eigenvalue weighted by Gasteiger charge is -1.99. The smallest absolute Gasteiger partial charge is 0.0709 e. The number of nitrogens with zero attached hydrogens (tertiary/aromatic N) is 1. The van der Waals surface area contributed by atoms with Crippen LogP contribution >= 0.6 is 0 Å². The van der Waals surface area contributed by atoms with Crippen LogP contribution in [0.4, 0.5) is 0 Å². The van der Waals surface area contributed by atoms with Crippen molar-refractivity contribution in [3.63, 3.8) is 0 Å². The van der Waals surface area contributed by atoms with Crippen molar-refractivity contribution >= 4 is 17.0 Å². The molecular weight excluding hydrogens is 158 g/mol. The Morgan fingerprint density at radius 1 is 1.23 bits per heavy atom. The molecule has 1 heteroatoms. The van der Waals surface area contributed by atoms with Gasteiger partial charge in [0, 0.05) is 5.39 Å². The molecule has 1 aromatic carbocycles. The van der Waals surface area contributed by atoms with Gasteiger partial charge in [0.25, 0.3) is 0 Å². The van der Waals surface area contributed by atoms with Crippen molar-refractivity contribution in [2.24, 2.45) is 0 Å². The van der Waals surface area contributed by atoms with E-state index in [0.29, 0.717) is 0 Å². The largest absolute Gasteiger partial charge is 0.248 e. The minimum Gasteiger partial charge on any atom is -0.248 e. The second kappa shape index (κ2) is 3.02. The molecule has 13 heavy (non-hydrogen) atoms. The van der Waals surface area contributed by atoms with E-state index >= 15 is 0 Å². The summed E-state index contributed by atoms with van der Waals surface area (Å²) in [5, 5.41) is 1.19. The Balaban J connectivity index is 2.73. The van der Waals surface area contributed by atoms with Crippen LogP contribution in [-0.4, -0.2) is 4.98 Å². The summed E-state index contributed by atoms with van der Waals surface area (Å²) in [7, 11) is 0. The molecule has 1 heterocycles. The molecule has 0 fully saturated rings. The van der Waals surface area contributed by atoms with E-state index in [4.69, 9.17) is 0 Å². The molecule has 2 rings (SSSR count). The molecule has 0 aliphatic heterocycles. The number of aromatic nitrogens is 1. The van der Waals surface area contributed by atoms with Crippen LogP contribution in [0.1, 0.15) is 11.3 Å². The summed E-state index contributed by atoms with van der Waals surface area (Å²) in [6.45, 7) is 5.78. The lowest BCUT2D eigenvalue weighted by atomic mass is 10.1. The Labute approximate surface area is 77.7 Å². The van der Waals surface area contributed by atoms with Gasteiger partial charge in [-0.15, -0.1) is 0 Å². The maximum absolute atomic E-state index is 4.42. The average molecular weight is 169 g/mol. The number of aryl methyl sites for hydroxylation is 1. The van der Waals surface area contributed by atoms with Crippen LogP contribution < -0.4 is 0 Å². The molecule has 0 saturated heterocycles. The third-order valence-corrected chi connectivity index (χ3v) is 2.08. The van der Waals surface area contributed by atoms with Gasteiger partial charge in [-0.3, -0.25) is 0 Å². The first-order valence-electron chi connectivity index (χ1n) is 4.29. The first-order valence-corrected chi connectivity index (χ1v) is 4.29. The van der Waals surface area contributed by atoms with E-state index in [2.05, 4.69) is 36.7 Å². The van der Waals surface area contributed by atoms with Gasteiger partial charge < -0.3 is 0 Å². The highest BCUT2D eigenvalue weighted by Crippen LogP contribution is 2.14. The van der Waals surface area contributed by atoms with Crippen LogP contribution in [0.5, 0.6) is 0 Å². The Morgan fingerprint density at radius 2 is 2.08 bits per heavy atom. The standard InChI is InChI=1S/C12H11N/c1-3-11-6-5-10-8-9(2)4-7-12(10)13-11/h3-8H,1H2,2H3. The summed E-state index contributed by atoms with van der Waals surface area (Å²) in [4.78, 5) is 4.42. The lowest BCUT2D eigenvalue weighted by Crippen LogP contribution is -1.83. The van der Waals surface area contributed by atoms with E-state index in [0.717, 1.165) is 11.2 Å². The molecule has 0 saturated carbocycles. The molecule has 0 amide bonds. The molecular formula is C12H11N. The molecule has 0 spiro atoms. The first kappa shape index (κ1) is 7.99. The zero-order valence-corrected chi connectivity index (χ0v) is 7.62. The van der Waals surface area contributed by atoms with E-state index in [1.54, 1.807) is 6.08 Å². The highest BCUT2D eigenvalue weighted by molar-refractivity contribution is 5.80. The molecule has 0 atom stereocenters. The predicted molar refractivity (Wildman–Crippen MR) is 56.6 cm³/mol. The quantitative estimate of drug-likeness (QED) is 0.638. The number of hydrogen-bond donors (Lipinski definition) is 0. The summed E-state index contributed by atoms with van der Waals surface area (Å²) >= 11 is 0. The Morgan fingerprint density at radius 3 is 2.85 bits per heavy atom. The van der Waals surface area contributed by atoms with Gasteiger partial charge in [0.1, 0.15) is 0 Å². The fourth-order valence-electron chi connectivity index (χ4n) is 1.37. The van der Waals surface area contributed by atoms with Crippen molar-refractivity contribution < 1.29 is 0 Å². The van der Waals surface area contributed by atoms with E-state index in [9.17, 15) is 0 Å². The van der Waals surface area contributed by atoms with Gasteiger partial charge in [-0.25, -0.2) is 4.98 Å². The SMILES string of the molecule is C=Cc1ccc2cc(C)ccc2n1. The Hall–Kier alpha value is -1.63. The molecule has 0 radical (unpaired) electrons. The highest BCUT2D eigenvalue weighted by Gasteiger charge is 1.95. The van der Waals surface area contributed by atoms with Gasteiger partial charge in [0.2, 0.25) is 0 Å². The summed E-state index contributed by atoms with van der Waals surface area (Å²) in [6, 6.07) is 10.3. The van der Waals surface area contributed by atoms with Crippen molar-refractivity contribution in [2.45, 2.75) is 6.92 Å². The minimum absolute atomic E-state index is 0.927. The van der Waals surface area contributed by atoms with Gasteiger partial charge in [-0.2, -0.15) is 0 Å². The van der Waals surface area contributed by atoms with Crippen LogP contribution in [0.2, 0.25) is 0 Å². The molecule has 0 N–H and O–H groups in total. The van der Waals surface area contributed by atoms with E-state index < -0.39 is 0 Å². The molecule has 0 aliphatic carbocycles. The Bertz CT molecular complexity index is 458. The van der Waals surface area contributed by atoms with Crippen molar-refractivity contribution in [1.82, 2.24) is 4.98 Å². The zero-order chi connectivity index (χ0) is 9.26. The van der Waals surface area contributed by atoms with Gasteiger partial charge in [-0.05, 0) is 31.2 Å². The normalized spacial score (nSPS) is 10.2. The molecule has 2 aromatic rings. The maximum Gasteiger partial charge on any atom is 0.0709 e. The number of rotatable bonds is 1. The summed E-state index contributed by atoms with van der Waals surface area (Å²) in [6.07, 6.45) is 1.76. The van der Waals surface area contributed by atoms with Crippen molar-refractivity contribution in [1.29, 1.82) is 0 Å². The maximum atomic E-state index is 4.42. The van der Waals surface area contributed by atoms with Crippen molar-refractivity contribution in [3.05, 3.63) is 48.2 Å². The third kappa shape index (κ3) is 1.45. The fraction of sp³-hybridized carbons (Fsp3) is 0.0833. The van der Waals surface area contributed by atoms with Crippen molar-refractivity contribution in [3.8, 4) is 0 Å². The van der Waals surface area contributed by atoms with E-state index in [1.165, 1.54) is 10.9 Å². The summed E-state index contributed by atoms with van der Waals surface area (Å²) in [5.74, 6) is 0. The Kier molecular flexibility index (Phi) is 1.85. The van der Waals surface area contributed by atoms with Crippen LogP contribution in [0.25, 0.3) is 17.0 Å². The van der Waals surface area contributed by atoms with E-state index in [-0.39, 0.29) is 0 Å². The zero-order valence-electron chi connectivity index (χ0n) is 7.62. The molecule has 1 aromatic heterocycles. The van der Waals surface area contributed by atoms with Crippen LogP contribution in [-0.2, 0) is 0 Å². The van der Waals surface area contributed by atoms with Gasteiger partial charge >= 0.3 is 0 Å². The number of pyridine rings is 1. The number of benzene rings is 1. The van der Waals surface area contributed by atoms with Gasteiger partial charge in [-0.1, -0.05) is 24.3 Å². The topological polar surface area (TPSA) is 12.9 Å². The van der Waals surface area contributed by atoms with Crippen LogP contribution in [0.15, 0.2) is 36.9 Å². The highest BCUT2D eigenvalue weighted by atomic mass is 14.7. The monoisotopic (exact) mass is 169 g/mol. The third-order valence-electron chi connectivity index (χ3n) is 2.08. The predicted octanol–water partition coefficient (Wildman–Crippen LogP) is 3.19. The molecule has 64 valence electrons. The summed E-state index contributed by atoms with van der Waals surface area (Å²) < 4.78 is 0. The van der Waals surface area contributed by atoms with Crippen LogP contribution in [0.3, 0.4) is 0 Å². The lowest BCUT2D eigenvalue weighted by molar-refractivity contribution is 1.36. The molecule has 0 bridgehead atoms. The van der Waals surface area contributed by atoms with Crippen LogP contribution in [0, 0.1) is 6.92 Å². The second-order valence-electron chi connectivity index (χ2n) is 3.14. The number of hydrogen-bond acceptors (Lipinski definition) is 1. The van der Waals surface area contributed by atoms with Gasteiger partial charge in [0.15, 0.2) is 0 Å². The van der Waals surface area contributed by atoms with E-state index in [1.807, 2.05) is 12.1 Å². The molecule has 1 nitrogen and oxygen atoms in total. The fourth-order valence-corrected chi connectivity index (χ4v) is 1.37. The first-order chi connectivity index (χ1) is 6.29. The number of fused-ring (bicyclic) bond motifs is 1. The molecule has 0 unspecified atom stereocenters.